The fourth-order valence-corrected chi connectivity index (χ4v) is 1.48. The normalized spacial score (nSPS) is 10.5. The summed E-state index contributed by atoms with van der Waals surface area (Å²) in [6.07, 6.45) is 4.90. The molecule has 2 aromatic heterocycles. The highest BCUT2D eigenvalue weighted by molar-refractivity contribution is 5.54. The maximum Gasteiger partial charge on any atom is 0.330 e. The van der Waals surface area contributed by atoms with E-state index in [1.54, 1.807) is 17.9 Å². The van der Waals surface area contributed by atoms with E-state index in [2.05, 4.69) is 15.5 Å². The lowest BCUT2D eigenvalue weighted by atomic mass is 10.3. The third kappa shape index (κ3) is 2.41. The highest BCUT2D eigenvalue weighted by Crippen LogP contribution is 2.21. The van der Waals surface area contributed by atoms with Gasteiger partial charge in [-0.1, -0.05) is 0 Å². The number of hydrogen-bond donors (Lipinski definition) is 1. The van der Waals surface area contributed by atoms with Gasteiger partial charge in [-0.25, -0.2) is 0 Å². The van der Waals surface area contributed by atoms with Crippen molar-refractivity contribution in [3.8, 4) is 0 Å². The van der Waals surface area contributed by atoms with E-state index in [0.29, 0.717) is 6.54 Å². The standard InChI is InChI=1S/C9H12N6O2/c1-13-5-7(4-11-13)3-10-9-8(15(16)17)6-14(2)12-9/h4-6H,3H2,1-2H3,(H,10,12). The number of nitrogens with one attached hydrogen (secondary N) is 1. The molecule has 0 bridgehead atoms. The summed E-state index contributed by atoms with van der Waals surface area (Å²) >= 11 is 0. The highest BCUT2D eigenvalue weighted by Gasteiger charge is 2.17. The van der Waals surface area contributed by atoms with E-state index >= 15 is 0 Å². The number of aryl methyl sites for hydroxylation is 2. The monoisotopic (exact) mass is 236 g/mol. The molecule has 8 heteroatoms. The molecule has 2 aromatic rings. The second-order valence-electron chi connectivity index (χ2n) is 3.67. The molecule has 8 nitrogen and oxygen atoms in total. The predicted molar refractivity (Wildman–Crippen MR) is 60.4 cm³/mol. The molecule has 0 saturated carbocycles. The van der Waals surface area contributed by atoms with Crippen LogP contribution in [0.25, 0.3) is 0 Å². The summed E-state index contributed by atoms with van der Waals surface area (Å²) in [4.78, 5) is 10.3. The SMILES string of the molecule is Cn1cc(CNc2nn(C)cc2[N+](=O)[O-])cn1. The zero-order chi connectivity index (χ0) is 12.4. The van der Waals surface area contributed by atoms with Crippen molar-refractivity contribution in [2.75, 3.05) is 5.32 Å². The molecule has 0 fully saturated rings. The molecule has 0 atom stereocenters. The van der Waals surface area contributed by atoms with Crippen molar-refractivity contribution < 1.29 is 4.92 Å². The van der Waals surface area contributed by atoms with Crippen LogP contribution in [-0.4, -0.2) is 24.5 Å². The summed E-state index contributed by atoms with van der Waals surface area (Å²) in [6.45, 7) is 0.450. The van der Waals surface area contributed by atoms with Gasteiger partial charge >= 0.3 is 5.69 Å². The Morgan fingerprint density at radius 2 is 2.18 bits per heavy atom. The van der Waals surface area contributed by atoms with Gasteiger partial charge in [0.05, 0.1) is 11.1 Å². The lowest BCUT2D eigenvalue weighted by molar-refractivity contribution is -0.384. The number of nitrogens with zero attached hydrogens (tertiary/aromatic N) is 5. The number of aromatic nitrogens is 4. The molecule has 90 valence electrons. The van der Waals surface area contributed by atoms with E-state index in [-0.39, 0.29) is 11.5 Å². The molecule has 0 aliphatic carbocycles. The molecule has 17 heavy (non-hydrogen) atoms. The van der Waals surface area contributed by atoms with Crippen molar-refractivity contribution in [3.05, 3.63) is 34.3 Å². The quantitative estimate of drug-likeness (QED) is 0.622. The summed E-state index contributed by atoms with van der Waals surface area (Å²) in [5.74, 6) is 0.265. The van der Waals surface area contributed by atoms with Gasteiger partial charge in [-0.3, -0.25) is 19.5 Å². The minimum Gasteiger partial charge on any atom is -0.359 e. The molecular formula is C9H12N6O2. The summed E-state index contributed by atoms with van der Waals surface area (Å²) in [5.41, 5.74) is 0.906. The Morgan fingerprint density at radius 1 is 1.41 bits per heavy atom. The Kier molecular flexibility index (Phi) is 2.77. The molecule has 0 spiro atoms. The van der Waals surface area contributed by atoms with Crippen LogP contribution in [-0.2, 0) is 20.6 Å². The average Bonchev–Trinajstić information content (AvgIpc) is 2.82. The van der Waals surface area contributed by atoms with Gasteiger partial charge in [0.2, 0.25) is 5.82 Å². The van der Waals surface area contributed by atoms with E-state index in [1.165, 1.54) is 10.9 Å². The molecule has 0 unspecified atom stereocenters. The van der Waals surface area contributed by atoms with Gasteiger partial charge < -0.3 is 5.32 Å². The lowest BCUT2D eigenvalue weighted by Gasteiger charge is -1.99. The molecule has 0 aliphatic rings. The third-order valence-corrected chi connectivity index (χ3v) is 2.22. The molecular weight excluding hydrogens is 224 g/mol. The van der Waals surface area contributed by atoms with Gasteiger partial charge in [0, 0.05) is 32.4 Å². The predicted octanol–water partition coefficient (Wildman–Crippen LogP) is 0.674. The summed E-state index contributed by atoms with van der Waals surface area (Å²) in [7, 11) is 3.45. The van der Waals surface area contributed by atoms with Crippen LogP contribution < -0.4 is 5.32 Å². The second-order valence-corrected chi connectivity index (χ2v) is 3.67. The second kappa shape index (κ2) is 4.24. The van der Waals surface area contributed by atoms with Crippen molar-refractivity contribution in [2.45, 2.75) is 6.54 Å². The van der Waals surface area contributed by atoms with Crippen LogP contribution in [0.3, 0.4) is 0 Å². The van der Waals surface area contributed by atoms with E-state index < -0.39 is 4.92 Å². The Bertz CT molecular complexity index is 543. The van der Waals surface area contributed by atoms with E-state index in [9.17, 15) is 10.1 Å². The van der Waals surface area contributed by atoms with Crippen LogP contribution in [0.2, 0.25) is 0 Å². The number of nitro groups is 1. The van der Waals surface area contributed by atoms with Crippen molar-refractivity contribution >= 4 is 11.5 Å². The van der Waals surface area contributed by atoms with Crippen LogP contribution in [0, 0.1) is 10.1 Å². The summed E-state index contributed by atoms with van der Waals surface area (Å²) < 4.78 is 3.08. The first-order valence-corrected chi connectivity index (χ1v) is 4.95. The summed E-state index contributed by atoms with van der Waals surface area (Å²) in [6, 6.07) is 0. The number of anilines is 1. The molecule has 0 radical (unpaired) electrons. The van der Waals surface area contributed by atoms with E-state index in [1.807, 2.05) is 13.2 Å². The minimum atomic E-state index is -0.460. The van der Waals surface area contributed by atoms with Gasteiger partial charge in [-0.05, 0) is 0 Å². The maximum atomic E-state index is 10.7. The van der Waals surface area contributed by atoms with Gasteiger partial charge in [-0.15, -0.1) is 5.10 Å². The molecule has 0 aromatic carbocycles. The molecule has 2 rings (SSSR count). The van der Waals surface area contributed by atoms with Gasteiger partial charge in [-0.2, -0.15) is 5.10 Å². The van der Waals surface area contributed by atoms with Crippen LogP contribution >= 0.6 is 0 Å². The van der Waals surface area contributed by atoms with Crippen LogP contribution in [0.5, 0.6) is 0 Å². The largest absolute Gasteiger partial charge is 0.359 e. The van der Waals surface area contributed by atoms with Gasteiger partial charge in [0.25, 0.3) is 0 Å². The molecule has 0 saturated heterocycles. The van der Waals surface area contributed by atoms with Crippen molar-refractivity contribution in [3.63, 3.8) is 0 Å². The van der Waals surface area contributed by atoms with Crippen molar-refractivity contribution in [1.82, 2.24) is 19.6 Å². The number of hydrogen-bond acceptors (Lipinski definition) is 5. The van der Waals surface area contributed by atoms with Crippen LogP contribution in [0.15, 0.2) is 18.6 Å². The number of rotatable bonds is 4. The first-order chi connectivity index (χ1) is 8.06. The van der Waals surface area contributed by atoms with Gasteiger partial charge in [0.1, 0.15) is 6.20 Å². The lowest BCUT2D eigenvalue weighted by Crippen LogP contribution is -2.02. The zero-order valence-corrected chi connectivity index (χ0v) is 9.49. The van der Waals surface area contributed by atoms with Crippen LogP contribution in [0.1, 0.15) is 5.56 Å². The molecule has 0 aliphatic heterocycles. The van der Waals surface area contributed by atoms with E-state index in [4.69, 9.17) is 0 Å². The molecule has 0 amide bonds. The Labute approximate surface area is 97.0 Å². The fourth-order valence-electron chi connectivity index (χ4n) is 1.48. The van der Waals surface area contributed by atoms with Gasteiger partial charge in [0.15, 0.2) is 0 Å². The maximum absolute atomic E-state index is 10.7. The smallest absolute Gasteiger partial charge is 0.330 e. The fraction of sp³-hybridized carbons (Fsp3) is 0.333. The average molecular weight is 236 g/mol. The Morgan fingerprint density at radius 3 is 2.76 bits per heavy atom. The third-order valence-electron chi connectivity index (χ3n) is 2.22. The van der Waals surface area contributed by atoms with E-state index in [0.717, 1.165) is 5.56 Å². The molecule has 1 N–H and O–H groups in total. The summed E-state index contributed by atoms with van der Waals surface area (Å²) in [5, 5.41) is 21.7. The zero-order valence-electron chi connectivity index (χ0n) is 9.49. The molecule has 2 heterocycles. The van der Waals surface area contributed by atoms with Crippen molar-refractivity contribution in [2.24, 2.45) is 14.1 Å². The van der Waals surface area contributed by atoms with Crippen LogP contribution in [0.4, 0.5) is 11.5 Å². The van der Waals surface area contributed by atoms with Crippen molar-refractivity contribution in [1.29, 1.82) is 0 Å². The Balaban J connectivity index is 2.11. The minimum absolute atomic E-state index is 0.0311. The Hall–Kier alpha value is -2.38. The topological polar surface area (TPSA) is 90.8 Å². The first-order valence-electron chi connectivity index (χ1n) is 4.95. The first kappa shape index (κ1) is 11.1. The highest BCUT2D eigenvalue weighted by atomic mass is 16.6.